The first-order valence-electron chi connectivity index (χ1n) is 11.9. The molecule has 192 valence electrons. The summed E-state index contributed by atoms with van der Waals surface area (Å²) in [5.74, 6) is -0.0633. The summed E-state index contributed by atoms with van der Waals surface area (Å²) in [6.45, 7) is 8.96. The highest BCUT2D eigenvalue weighted by Gasteiger charge is 2.31. The van der Waals surface area contributed by atoms with Crippen molar-refractivity contribution in [1.82, 2.24) is 0 Å². The van der Waals surface area contributed by atoms with E-state index in [2.05, 4.69) is 23.9 Å². The van der Waals surface area contributed by atoms with Crippen molar-refractivity contribution in [2.24, 2.45) is 28.8 Å². The van der Waals surface area contributed by atoms with Gasteiger partial charge in [0.05, 0.1) is 31.8 Å². The van der Waals surface area contributed by atoms with Crippen molar-refractivity contribution >= 4 is 5.97 Å². The van der Waals surface area contributed by atoms with Crippen LogP contribution in [0.1, 0.15) is 52.5 Å². The predicted molar refractivity (Wildman–Crippen MR) is 131 cm³/mol. The standard InChI is InChI=1S/C25H41N3O6/c1-16(2)19(13-22(27-28-26)23(29)15-21(17(3)4)25(30)31)12-18-8-9-20(14-24(18)33-6)34-11-7-10-32-5/h8-9,14,16-17,19,21-23,29H,7,10-13,15H2,1-6H3,(H,30,31)/t19-,21-,22-,23-/m0/s1. The average molecular weight is 480 g/mol. The summed E-state index contributed by atoms with van der Waals surface area (Å²) in [7, 11) is 3.27. The summed E-state index contributed by atoms with van der Waals surface area (Å²) in [6, 6.07) is 5.02. The highest BCUT2D eigenvalue weighted by molar-refractivity contribution is 5.70. The van der Waals surface area contributed by atoms with E-state index in [-0.39, 0.29) is 24.2 Å². The molecule has 2 N–H and O–H groups in total. The van der Waals surface area contributed by atoms with Crippen LogP contribution in [0.4, 0.5) is 0 Å². The molecule has 9 heteroatoms. The van der Waals surface area contributed by atoms with E-state index in [0.29, 0.717) is 37.6 Å². The Kier molecular flexibility index (Phi) is 13.4. The molecule has 0 aromatic heterocycles. The highest BCUT2D eigenvalue weighted by Crippen LogP contribution is 2.32. The number of aliphatic hydroxyl groups excluding tert-OH is 1. The average Bonchev–Trinajstić information content (AvgIpc) is 2.79. The van der Waals surface area contributed by atoms with E-state index in [1.807, 2.05) is 32.0 Å². The molecule has 0 heterocycles. The van der Waals surface area contributed by atoms with Gasteiger partial charge in [-0.1, -0.05) is 38.9 Å². The molecule has 9 nitrogen and oxygen atoms in total. The molecule has 0 spiro atoms. The van der Waals surface area contributed by atoms with Crippen molar-refractivity contribution in [1.29, 1.82) is 0 Å². The zero-order valence-corrected chi connectivity index (χ0v) is 21.3. The van der Waals surface area contributed by atoms with Crippen LogP contribution in [0.25, 0.3) is 10.4 Å². The molecule has 0 fully saturated rings. The van der Waals surface area contributed by atoms with Gasteiger partial charge in [0.25, 0.3) is 0 Å². The second kappa shape index (κ2) is 15.4. The largest absolute Gasteiger partial charge is 0.496 e. The summed E-state index contributed by atoms with van der Waals surface area (Å²) in [6.07, 6.45) is 0.886. The second-order valence-corrected chi connectivity index (χ2v) is 9.38. The molecular formula is C25H41N3O6. The molecule has 0 saturated heterocycles. The van der Waals surface area contributed by atoms with Gasteiger partial charge >= 0.3 is 5.97 Å². The summed E-state index contributed by atoms with van der Waals surface area (Å²) in [4.78, 5) is 14.5. The van der Waals surface area contributed by atoms with Crippen LogP contribution in [0.2, 0.25) is 0 Å². The lowest BCUT2D eigenvalue weighted by atomic mass is 9.81. The van der Waals surface area contributed by atoms with E-state index >= 15 is 0 Å². The quantitative estimate of drug-likeness (QED) is 0.138. The maximum absolute atomic E-state index is 11.6. The Morgan fingerprint density at radius 2 is 1.82 bits per heavy atom. The minimum atomic E-state index is -1.04. The third kappa shape index (κ3) is 9.79. The number of azide groups is 1. The van der Waals surface area contributed by atoms with Crippen LogP contribution in [-0.4, -0.2) is 55.8 Å². The molecule has 1 aromatic rings. The monoisotopic (exact) mass is 479 g/mol. The van der Waals surface area contributed by atoms with Crippen LogP contribution < -0.4 is 9.47 Å². The molecule has 0 unspecified atom stereocenters. The van der Waals surface area contributed by atoms with Crippen LogP contribution in [-0.2, 0) is 16.0 Å². The highest BCUT2D eigenvalue weighted by atomic mass is 16.5. The van der Waals surface area contributed by atoms with Gasteiger partial charge in [0.2, 0.25) is 0 Å². The first kappa shape index (κ1) is 29.6. The number of carbonyl (C=O) groups is 1. The number of nitrogens with zero attached hydrogens (tertiary/aromatic N) is 3. The number of carboxylic acid groups (broad SMARTS) is 1. The van der Waals surface area contributed by atoms with Gasteiger partial charge in [-0.25, -0.2) is 0 Å². The normalized spacial score (nSPS) is 14.9. The van der Waals surface area contributed by atoms with Crippen LogP contribution >= 0.6 is 0 Å². The number of methoxy groups -OCH3 is 2. The number of benzene rings is 1. The van der Waals surface area contributed by atoms with E-state index in [0.717, 1.165) is 12.0 Å². The third-order valence-electron chi connectivity index (χ3n) is 6.25. The van der Waals surface area contributed by atoms with Crippen molar-refractivity contribution in [2.75, 3.05) is 27.4 Å². The molecule has 1 aromatic carbocycles. The molecular weight excluding hydrogens is 438 g/mol. The zero-order chi connectivity index (χ0) is 25.7. The Balaban J connectivity index is 2.99. The van der Waals surface area contributed by atoms with Gasteiger partial charge in [0.1, 0.15) is 11.5 Å². The second-order valence-electron chi connectivity index (χ2n) is 9.38. The van der Waals surface area contributed by atoms with Gasteiger partial charge in [-0.15, -0.1) is 0 Å². The van der Waals surface area contributed by atoms with Gasteiger partial charge in [-0.2, -0.15) is 0 Å². The lowest BCUT2D eigenvalue weighted by molar-refractivity contribution is -0.144. The summed E-state index contributed by atoms with van der Waals surface area (Å²) in [5, 5.41) is 24.1. The fourth-order valence-electron chi connectivity index (χ4n) is 3.98. The van der Waals surface area contributed by atoms with E-state index in [4.69, 9.17) is 19.7 Å². The Hall–Kier alpha value is -2.48. The Morgan fingerprint density at radius 3 is 2.35 bits per heavy atom. The Morgan fingerprint density at radius 1 is 1.12 bits per heavy atom. The van der Waals surface area contributed by atoms with Crippen molar-refractivity contribution in [3.05, 3.63) is 34.2 Å². The maximum Gasteiger partial charge on any atom is 0.306 e. The van der Waals surface area contributed by atoms with Gasteiger partial charge < -0.3 is 24.4 Å². The van der Waals surface area contributed by atoms with Crippen molar-refractivity contribution < 1.29 is 29.2 Å². The first-order valence-corrected chi connectivity index (χ1v) is 11.9. The number of aliphatic carboxylic acids is 1. The molecule has 0 aliphatic carbocycles. The Bertz CT molecular complexity index is 795. The van der Waals surface area contributed by atoms with Gasteiger partial charge in [0.15, 0.2) is 0 Å². The van der Waals surface area contributed by atoms with Gasteiger partial charge in [-0.3, -0.25) is 4.79 Å². The maximum atomic E-state index is 11.6. The summed E-state index contributed by atoms with van der Waals surface area (Å²) in [5.41, 5.74) is 10.1. The van der Waals surface area contributed by atoms with Crippen molar-refractivity contribution in [3.63, 3.8) is 0 Å². The zero-order valence-electron chi connectivity index (χ0n) is 21.3. The molecule has 1 rings (SSSR count). The van der Waals surface area contributed by atoms with E-state index in [1.54, 1.807) is 14.2 Å². The molecule has 0 radical (unpaired) electrons. The molecule has 0 amide bonds. The van der Waals surface area contributed by atoms with E-state index in [1.165, 1.54) is 0 Å². The predicted octanol–water partition coefficient (Wildman–Crippen LogP) is 5.10. The SMILES string of the molecule is COCCCOc1ccc(C[C@@H](C[C@H](N=[N+]=[N-])[C@@H](O)C[C@H](C(=O)O)C(C)C)C(C)C)c(OC)c1. The van der Waals surface area contributed by atoms with Crippen LogP contribution in [0, 0.1) is 23.7 Å². The fraction of sp³-hybridized carbons (Fsp3) is 0.720. The van der Waals surface area contributed by atoms with Gasteiger partial charge in [0, 0.05) is 31.1 Å². The van der Waals surface area contributed by atoms with Crippen molar-refractivity contribution in [2.45, 2.75) is 65.5 Å². The minimum absolute atomic E-state index is 0.0416. The van der Waals surface area contributed by atoms with E-state index < -0.39 is 24.0 Å². The topological polar surface area (TPSA) is 134 Å². The van der Waals surface area contributed by atoms with Crippen LogP contribution in [0.3, 0.4) is 0 Å². The number of rotatable bonds is 17. The summed E-state index contributed by atoms with van der Waals surface area (Å²) >= 11 is 0. The number of ether oxygens (including phenoxy) is 3. The molecule has 0 bridgehead atoms. The lowest BCUT2D eigenvalue weighted by Gasteiger charge is -2.29. The van der Waals surface area contributed by atoms with Crippen LogP contribution in [0.5, 0.6) is 11.5 Å². The van der Waals surface area contributed by atoms with Crippen molar-refractivity contribution in [3.8, 4) is 11.5 Å². The van der Waals surface area contributed by atoms with E-state index in [9.17, 15) is 15.0 Å². The first-order chi connectivity index (χ1) is 16.1. The smallest absolute Gasteiger partial charge is 0.306 e. The molecule has 0 aliphatic rings. The Labute approximate surface area is 203 Å². The number of hydrogen-bond acceptors (Lipinski definition) is 6. The van der Waals surface area contributed by atoms with Gasteiger partial charge in [-0.05, 0) is 54.2 Å². The number of aliphatic hydroxyl groups is 1. The lowest BCUT2D eigenvalue weighted by Crippen LogP contribution is -2.34. The molecule has 0 aliphatic heterocycles. The third-order valence-corrected chi connectivity index (χ3v) is 6.25. The van der Waals surface area contributed by atoms with Crippen LogP contribution in [0.15, 0.2) is 23.3 Å². The molecule has 0 saturated carbocycles. The molecule has 34 heavy (non-hydrogen) atoms. The fourth-order valence-corrected chi connectivity index (χ4v) is 3.98. The number of carboxylic acids is 1. The number of hydrogen-bond donors (Lipinski definition) is 2. The minimum Gasteiger partial charge on any atom is -0.496 e. The summed E-state index contributed by atoms with van der Waals surface area (Å²) < 4.78 is 16.4. The molecule has 4 atom stereocenters.